The monoisotopic (exact) mass is 239 g/mol. The van der Waals surface area contributed by atoms with Gasteiger partial charge in [-0.2, -0.15) is 4.98 Å². The third kappa shape index (κ3) is 3.28. The van der Waals surface area contributed by atoms with Gasteiger partial charge in [-0.25, -0.2) is 0 Å². The van der Waals surface area contributed by atoms with Crippen molar-refractivity contribution in [1.29, 1.82) is 0 Å². The second kappa shape index (κ2) is 4.09. The fourth-order valence-electron chi connectivity index (χ4n) is 1.33. The Kier molecular flexibility index (Phi) is 3.41. The Labute approximate surface area is 104 Å². The summed E-state index contributed by atoms with van der Waals surface area (Å²) in [5.74, 6) is 1.37. The van der Waals surface area contributed by atoms with E-state index >= 15 is 0 Å². The normalized spacial score (nSPS) is 14.1. The Morgan fingerprint density at radius 1 is 1.06 bits per heavy atom. The lowest BCUT2D eigenvalue weighted by molar-refractivity contribution is 0.222. The second-order valence-corrected chi connectivity index (χ2v) is 7.10. The van der Waals surface area contributed by atoms with Crippen LogP contribution in [0.4, 0.5) is 0 Å². The zero-order valence-electron chi connectivity index (χ0n) is 12.1. The molecule has 98 valence electrons. The molecule has 4 nitrogen and oxygen atoms in total. The van der Waals surface area contributed by atoms with E-state index in [1.54, 1.807) is 0 Å². The lowest BCUT2D eigenvalue weighted by atomic mass is 9.75. The molecule has 0 bridgehead atoms. The molecule has 0 saturated carbocycles. The van der Waals surface area contributed by atoms with Gasteiger partial charge in [0.1, 0.15) is 0 Å². The van der Waals surface area contributed by atoms with E-state index in [0.29, 0.717) is 5.89 Å². The second-order valence-electron chi connectivity index (χ2n) is 7.10. The smallest absolute Gasteiger partial charge is 0.234 e. The van der Waals surface area contributed by atoms with Crippen molar-refractivity contribution >= 4 is 0 Å². The van der Waals surface area contributed by atoms with Crippen LogP contribution in [-0.2, 0) is 11.8 Å². The van der Waals surface area contributed by atoms with Crippen LogP contribution in [0.1, 0.15) is 60.2 Å². The summed E-state index contributed by atoms with van der Waals surface area (Å²) >= 11 is 0. The first-order valence-corrected chi connectivity index (χ1v) is 6.05. The van der Waals surface area contributed by atoms with E-state index in [-0.39, 0.29) is 10.8 Å². The first kappa shape index (κ1) is 14.2. The molecule has 0 fully saturated rings. The molecule has 1 heterocycles. The van der Waals surface area contributed by atoms with Gasteiger partial charge in [-0.15, -0.1) is 0 Å². The highest BCUT2D eigenvalue weighted by Crippen LogP contribution is 2.32. The highest BCUT2D eigenvalue weighted by Gasteiger charge is 2.40. The SMILES string of the molecule is CC(C)(C)Cc1noc(C(C)(C)C(C)(C)N)n1. The Bertz CT molecular complexity index is 380. The van der Waals surface area contributed by atoms with Gasteiger partial charge in [0, 0.05) is 12.0 Å². The van der Waals surface area contributed by atoms with Gasteiger partial charge in [0.15, 0.2) is 5.82 Å². The van der Waals surface area contributed by atoms with E-state index in [1.165, 1.54) is 0 Å². The number of rotatable bonds is 3. The number of nitrogens with two attached hydrogens (primary N) is 1. The van der Waals surface area contributed by atoms with Gasteiger partial charge in [-0.3, -0.25) is 0 Å². The van der Waals surface area contributed by atoms with Crippen LogP contribution in [0.2, 0.25) is 0 Å². The average molecular weight is 239 g/mol. The molecule has 0 radical (unpaired) electrons. The lowest BCUT2D eigenvalue weighted by Crippen LogP contribution is -2.50. The summed E-state index contributed by atoms with van der Waals surface area (Å²) in [6.07, 6.45) is 0.803. The van der Waals surface area contributed by atoms with Crippen LogP contribution in [0.5, 0.6) is 0 Å². The molecule has 0 atom stereocenters. The summed E-state index contributed by atoms with van der Waals surface area (Å²) in [5, 5.41) is 4.04. The van der Waals surface area contributed by atoms with E-state index in [4.69, 9.17) is 10.3 Å². The van der Waals surface area contributed by atoms with E-state index in [9.17, 15) is 0 Å². The first-order chi connectivity index (χ1) is 7.43. The van der Waals surface area contributed by atoms with Crippen molar-refractivity contribution in [2.24, 2.45) is 11.1 Å². The maximum absolute atomic E-state index is 6.15. The predicted molar refractivity (Wildman–Crippen MR) is 68.7 cm³/mol. The minimum atomic E-state index is -0.404. The molecule has 0 spiro atoms. The van der Waals surface area contributed by atoms with Crippen molar-refractivity contribution in [1.82, 2.24) is 10.1 Å². The molecule has 0 aliphatic rings. The molecule has 0 amide bonds. The molecule has 1 rings (SSSR count). The van der Waals surface area contributed by atoms with Crippen LogP contribution in [0.25, 0.3) is 0 Å². The van der Waals surface area contributed by atoms with Gasteiger partial charge < -0.3 is 10.3 Å². The molecule has 17 heavy (non-hydrogen) atoms. The van der Waals surface area contributed by atoms with Crippen molar-refractivity contribution in [3.05, 3.63) is 11.7 Å². The van der Waals surface area contributed by atoms with E-state index in [1.807, 2.05) is 27.7 Å². The summed E-state index contributed by atoms with van der Waals surface area (Å²) in [5.41, 5.74) is 5.57. The van der Waals surface area contributed by atoms with Gasteiger partial charge in [0.2, 0.25) is 5.89 Å². The predicted octanol–water partition coefficient (Wildman–Crippen LogP) is 2.67. The fraction of sp³-hybridized carbons (Fsp3) is 0.846. The van der Waals surface area contributed by atoms with Crippen molar-refractivity contribution in [2.75, 3.05) is 0 Å². The lowest BCUT2D eigenvalue weighted by Gasteiger charge is -2.34. The summed E-state index contributed by atoms with van der Waals surface area (Å²) in [7, 11) is 0. The molecule has 1 aromatic heterocycles. The molecular formula is C13H25N3O. The molecule has 0 aromatic carbocycles. The molecule has 0 unspecified atom stereocenters. The average Bonchev–Trinajstić information content (AvgIpc) is 2.47. The number of nitrogens with zero attached hydrogens (tertiary/aromatic N) is 2. The molecular weight excluding hydrogens is 214 g/mol. The van der Waals surface area contributed by atoms with Crippen molar-refractivity contribution in [2.45, 2.75) is 65.8 Å². The topological polar surface area (TPSA) is 64.9 Å². The summed E-state index contributed by atoms with van der Waals surface area (Å²) in [6.45, 7) is 14.5. The van der Waals surface area contributed by atoms with Crippen LogP contribution >= 0.6 is 0 Å². The molecule has 4 heteroatoms. The Morgan fingerprint density at radius 3 is 2.00 bits per heavy atom. The van der Waals surface area contributed by atoms with Crippen LogP contribution in [-0.4, -0.2) is 15.7 Å². The zero-order valence-corrected chi connectivity index (χ0v) is 12.1. The van der Waals surface area contributed by atoms with Gasteiger partial charge in [0.25, 0.3) is 0 Å². The van der Waals surface area contributed by atoms with Crippen molar-refractivity contribution < 1.29 is 4.52 Å². The highest BCUT2D eigenvalue weighted by molar-refractivity contribution is 5.11. The minimum Gasteiger partial charge on any atom is -0.339 e. The quantitative estimate of drug-likeness (QED) is 0.880. The summed E-state index contributed by atoms with van der Waals surface area (Å²) in [4.78, 5) is 4.48. The molecule has 2 N–H and O–H groups in total. The number of hydrogen-bond acceptors (Lipinski definition) is 4. The Morgan fingerprint density at radius 2 is 1.59 bits per heavy atom. The first-order valence-electron chi connectivity index (χ1n) is 6.05. The van der Waals surface area contributed by atoms with E-state index < -0.39 is 5.54 Å². The fourth-order valence-corrected chi connectivity index (χ4v) is 1.33. The van der Waals surface area contributed by atoms with Gasteiger partial charge >= 0.3 is 0 Å². The summed E-state index contributed by atoms with van der Waals surface area (Å²) < 4.78 is 5.36. The standard InChI is InChI=1S/C13H25N3O/c1-11(2,3)8-9-15-10(17-16-9)12(4,5)13(6,7)14/h8,14H2,1-7H3. The summed E-state index contributed by atoms with van der Waals surface area (Å²) in [6, 6.07) is 0. The maximum atomic E-state index is 6.15. The molecule has 0 aliphatic carbocycles. The zero-order chi connectivity index (χ0) is 13.5. The third-order valence-corrected chi connectivity index (χ3v) is 3.30. The number of hydrogen-bond donors (Lipinski definition) is 1. The van der Waals surface area contributed by atoms with Crippen LogP contribution in [0, 0.1) is 5.41 Å². The van der Waals surface area contributed by atoms with Gasteiger partial charge in [-0.1, -0.05) is 25.9 Å². The van der Waals surface area contributed by atoms with E-state index in [0.717, 1.165) is 12.2 Å². The van der Waals surface area contributed by atoms with Crippen molar-refractivity contribution in [3.8, 4) is 0 Å². The van der Waals surface area contributed by atoms with Crippen molar-refractivity contribution in [3.63, 3.8) is 0 Å². The van der Waals surface area contributed by atoms with Crippen LogP contribution < -0.4 is 5.73 Å². The van der Waals surface area contributed by atoms with Crippen LogP contribution in [0.3, 0.4) is 0 Å². The molecule has 1 aromatic rings. The van der Waals surface area contributed by atoms with Gasteiger partial charge in [0.05, 0.1) is 5.41 Å². The largest absolute Gasteiger partial charge is 0.339 e. The molecule has 0 aliphatic heterocycles. The van der Waals surface area contributed by atoms with Gasteiger partial charge in [-0.05, 0) is 33.1 Å². The highest BCUT2D eigenvalue weighted by atomic mass is 16.5. The number of aromatic nitrogens is 2. The Balaban J connectivity index is 2.96. The Hall–Kier alpha value is -0.900. The van der Waals surface area contributed by atoms with Crippen LogP contribution in [0.15, 0.2) is 4.52 Å². The van der Waals surface area contributed by atoms with E-state index in [2.05, 4.69) is 30.9 Å². The third-order valence-electron chi connectivity index (χ3n) is 3.30. The molecule has 0 saturated heterocycles. The minimum absolute atomic E-state index is 0.156. The maximum Gasteiger partial charge on any atom is 0.234 e.